The number of likely N-dealkylation sites (tertiary alicyclic amines) is 1. The number of carbonyl (C=O) groups is 2. The lowest BCUT2D eigenvalue weighted by atomic mass is 9.72. The molecular formula is C26H31FN2O2. The summed E-state index contributed by atoms with van der Waals surface area (Å²) in [6.07, 6.45) is 2.95. The number of nitrogens with one attached hydrogen (secondary N) is 1. The molecule has 2 aliphatic rings. The Morgan fingerprint density at radius 3 is 2.32 bits per heavy atom. The van der Waals surface area contributed by atoms with Crippen molar-refractivity contribution < 1.29 is 14.0 Å². The highest BCUT2D eigenvalue weighted by atomic mass is 19.1. The van der Waals surface area contributed by atoms with E-state index in [9.17, 15) is 14.0 Å². The molecule has 4 nitrogen and oxygen atoms in total. The first-order chi connectivity index (χ1) is 14.9. The molecular weight excluding hydrogens is 391 g/mol. The van der Waals surface area contributed by atoms with Gasteiger partial charge >= 0.3 is 0 Å². The summed E-state index contributed by atoms with van der Waals surface area (Å²) in [4.78, 5) is 27.6. The van der Waals surface area contributed by atoms with Crippen LogP contribution in [0.2, 0.25) is 0 Å². The average Bonchev–Trinajstić information content (AvgIpc) is 3.51. The molecule has 2 aromatic carbocycles. The summed E-state index contributed by atoms with van der Waals surface area (Å²) in [6.45, 7) is 5.91. The summed E-state index contributed by atoms with van der Waals surface area (Å²) >= 11 is 0. The molecule has 1 saturated heterocycles. The fourth-order valence-corrected chi connectivity index (χ4v) is 4.78. The van der Waals surface area contributed by atoms with E-state index < -0.39 is 5.41 Å². The van der Waals surface area contributed by atoms with Gasteiger partial charge in [-0.3, -0.25) is 9.59 Å². The Hall–Kier alpha value is -2.69. The van der Waals surface area contributed by atoms with Crippen LogP contribution in [-0.4, -0.2) is 36.3 Å². The third-order valence-electron chi connectivity index (χ3n) is 6.96. The van der Waals surface area contributed by atoms with Crippen molar-refractivity contribution in [2.75, 3.05) is 19.6 Å². The van der Waals surface area contributed by atoms with Crippen molar-refractivity contribution in [1.29, 1.82) is 0 Å². The Morgan fingerprint density at radius 2 is 1.74 bits per heavy atom. The van der Waals surface area contributed by atoms with E-state index in [0.29, 0.717) is 50.4 Å². The zero-order valence-electron chi connectivity index (χ0n) is 18.4. The van der Waals surface area contributed by atoms with Crippen LogP contribution in [-0.2, 0) is 16.0 Å². The summed E-state index contributed by atoms with van der Waals surface area (Å²) in [6, 6.07) is 14.6. The maximum absolute atomic E-state index is 14.1. The van der Waals surface area contributed by atoms with E-state index >= 15 is 0 Å². The second kappa shape index (κ2) is 8.81. The first kappa shape index (κ1) is 21.5. The summed E-state index contributed by atoms with van der Waals surface area (Å²) < 4.78 is 14.1. The fourth-order valence-electron chi connectivity index (χ4n) is 4.78. The minimum absolute atomic E-state index is 0.0695. The van der Waals surface area contributed by atoms with E-state index in [1.807, 2.05) is 42.2 Å². The molecule has 1 aliphatic heterocycles. The highest BCUT2D eigenvalue weighted by Gasteiger charge is 2.46. The average molecular weight is 423 g/mol. The predicted molar refractivity (Wildman–Crippen MR) is 120 cm³/mol. The Kier molecular flexibility index (Phi) is 6.12. The molecule has 0 radical (unpaired) electrons. The van der Waals surface area contributed by atoms with Crippen molar-refractivity contribution in [3.8, 4) is 11.1 Å². The van der Waals surface area contributed by atoms with Crippen LogP contribution in [0.1, 0.15) is 38.7 Å². The van der Waals surface area contributed by atoms with E-state index in [-0.39, 0.29) is 23.5 Å². The molecule has 0 bridgehead atoms. The molecule has 0 spiro atoms. The van der Waals surface area contributed by atoms with Crippen LogP contribution in [0.4, 0.5) is 4.39 Å². The smallest absolute Gasteiger partial charge is 0.226 e. The van der Waals surface area contributed by atoms with Gasteiger partial charge in [0, 0.05) is 31.1 Å². The van der Waals surface area contributed by atoms with Crippen molar-refractivity contribution in [1.82, 2.24) is 10.2 Å². The lowest BCUT2D eigenvalue weighted by Crippen LogP contribution is -2.51. The maximum Gasteiger partial charge on any atom is 0.226 e. The van der Waals surface area contributed by atoms with Crippen LogP contribution >= 0.6 is 0 Å². The first-order valence-corrected chi connectivity index (χ1v) is 11.3. The van der Waals surface area contributed by atoms with Gasteiger partial charge in [-0.15, -0.1) is 0 Å². The van der Waals surface area contributed by atoms with Crippen molar-refractivity contribution in [3.63, 3.8) is 0 Å². The molecule has 31 heavy (non-hydrogen) atoms. The fraction of sp³-hybridized carbons (Fsp3) is 0.462. The quantitative estimate of drug-likeness (QED) is 0.748. The highest BCUT2D eigenvalue weighted by Crippen LogP contribution is 2.42. The van der Waals surface area contributed by atoms with Gasteiger partial charge in [-0.2, -0.15) is 0 Å². The lowest BCUT2D eigenvalue weighted by molar-refractivity contribution is -0.141. The zero-order chi connectivity index (χ0) is 22.0. The van der Waals surface area contributed by atoms with Gasteiger partial charge in [0.1, 0.15) is 5.82 Å². The Balaban J connectivity index is 1.49. The summed E-state index contributed by atoms with van der Waals surface area (Å²) in [7, 11) is 0. The van der Waals surface area contributed by atoms with Crippen LogP contribution in [0.3, 0.4) is 0 Å². The second-order valence-electron chi connectivity index (χ2n) is 9.14. The summed E-state index contributed by atoms with van der Waals surface area (Å²) in [5.74, 6) is 0.765. The Morgan fingerprint density at radius 1 is 1.10 bits per heavy atom. The van der Waals surface area contributed by atoms with Crippen molar-refractivity contribution in [2.24, 2.45) is 17.3 Å². The molecule has 0 unspecified atom stereocenters. The van der Waals surface area contributed by atoms with Crippen LogP contribution in [0.15, 0.2) is 48.5 Å². The minimum atomic E-state index is -0.512. The van der Waals surface area contributed by atoms with Gasteiger partial charge in [0.2, 0.25) is 11.8 Å². The zero-order valence-corrected chi connectivity index (χ0v) is 18.4. The van der Waals surface area contributed by atoms with Gasteiger partial charge in [0.25, 0.3) is 0 Å². The molecule has 1 heterocycles. The maximum atomic E-state index is 14.1. The monoisotopic (exact) mass is 422 g/mol. The van der Waals surface area contributed by atoms with Gasteiger partial charge in [-0.05, 0) is 55.7 Å². The third-order valence-corrected chi connectivity index (χ3v) is 6.96. The number of rotatable bonds is 6. The first-order valence-electron chi connectivity index (χ1n) is 11.3. The Labute approximate surface area is 183 Å². The Bertz CT molecular complexity index is 948. The minimum Gasteiger partial charge on any atom is -0.356 e. The largest absolute Gasteiger partial charge is 0.356 e. The molecule has 2 aromatic rings. The molecule has 1 N–H and O–H groups in total. The van der Waals surface area contributed by atoms with E-state index in [2.05, 4.69) is 12.2 Å². The molecule has 4 rings (SSSR count). The predicted octanol–water partition coefficient (Wildman–Crippen LogP) is 4.44. The van der Waals surface area contributed by atoms with Crippen molar-refractivity contribution >= 4 is 11.8 Å². The van der Waals surface area contributed by atoms with Gasteiger partial charge < -0.3 is 10.2 Å². The number of benzene rings is 2. The second-order valence-corrected chi connectivity index (χ2v) is 9.14. The molecule has 0 aromatic heterocycles. The number of piperidine rings is 1. The molecule has 2 fully saturated rings. The standard InChI is InChI=1S/C26H31FN2O2/c1-3-28-25(31)26(12-14-29(15-13-26)24(30)22-16-18(22)2)17-19-8-10-20(11-9-19)21-6-4-5-7-23(21)27/h4-11,18,22H,3,12-17H2,1-2H3,(H,28,31)/t18-,22-/m0/s1. The van der Waals surface area contributed by atoms with E-state index in [4.69, 9.17) is 0 Å². The van der Waals surface area contributed by atoms with Crippen molar-refractivity contribution in [3.05, 3.63) is 59.9 Å². The number of hydrogen-bond acceptors (Lipinski definition) is 2. The number of halogens is 1. The summed E-state index contributed by atoms with van der Waals surface area (Å²) in [5.41, 5.74) is 1.95. The summed E-state index contributed by atoms with van der Waals surface area (Å²) in [5, 5.41) is 3.02. The molecule has 2 amide bonds. The SMILES string of the molecule is CCNC(=O)C1(Cc2ccc(-c3ccccc3F)cc2)CCN(C(=O)[C@H]2C[C@@H]2C)CC1. The number of hydrogen-bond donors (Lipinski definition) is 1. The van der Waals surface area contributed by atoms with E-state index in [1.165, 1.54) is 6.07 Å². The van der Waals surface area contributed by atoms with Crippen LogP contribution in [0.5, 0.6) is 0 Å². The normalized spacial score (nSPS) is 22.1. The molecule has 5 heteroatoms. The van der Waals surface area contributed by atoms with Gasteiger partial charge in [-0.1, -0.05) is 49.4 Å². The molecule has 164 valence electrons. The number of amides is 2. The topological polar surface area (TPSA) is 49.4 Å². The van der Waals surface area contributed by atoms with Gasteiger partial charge in [-0.25, -0.2) is 4.39 Å². The number of carbonyl (C=O) groups excluding carboxylic acids is 2. The van der Waals surface area contributed by atoms with E-state index in [0.717, 1.165) is 17.5 Å². The molecule has 1 saturated carbocycles. The third kappa shape index (κ3) is 4.51. The van der Waals surface area contributed by atoms with Crippen LogP contribution < -0.4 is 5.32 Å². The van der Waals surface area contributed by atoms with Crippen LogP contribution in [0, 0.1) is 23.1 Å². The van der Waals surface area contributed by atoms with E-state index in [1.54, 1.807) is 12.1 Å². The number of nitrogens with zero attached hydrogens (tertiary/aromatic N) is 1. The lowest BCUT2D eigenvalue weighted by Gasteiger charge is -2.41. The van der Waals surface area contributed by atoms with Crippen LogP contribution in [0.25, 0.3) is 11.1 Å². The van der Waals surface area contributed by atoms with Gasteiger partial charge in [0.05, 0.1) is 5.41 Å². The van der Waals surface area contributed by atoms with Crippen molar-refractivity contribution in [2.45, 2.75) is 39.5 Å². The molecule has 2 atom stereocenters. The molecule has 1 aliphatic carbocycles. The van der Waals surface area contributed by atoms with Gasteiger partial charge in [0.15, 0.2) is 0 Å². The highest BCUT2D eigenvalue weighted by molar-refractivity contribution is 5.85.